The lowest BCUT2D eigenvalue weighted by atomic mass is 9.95. The summed E-state index contributed by atoms with van der Waals surface area (Å²) in [6.45, 7) is 0. The maximum absolute atomic E-state index is 5.42. The van der Waals surface area contributed by atoms with E-state index < -0.39 is 0 Å². The summed E-state index contributed by atoms with van der Waals surface area (Å²) < 4.78 is 2.40. The largest absolute Gasteiger partial charge is 0.208 e. The summed E-state index contributed by atoms with van der Waals surface area (Å²) in [4.78, 5) is 16.2. The molecule has 0 atom stereocenters. The van der Waals surface area contributed by atoms with E-state index in [0.29, 0.717) is 17.5 Å². The van der Waals surface area contributed by atoms with Crippen LogP contribution >= 0.6 is 11.3 Å². The molecule has 0 saturated heterocycles. The van der Waals surface area contributed by atoms with E-state index >= 15 is 0 Å². The molecule has 2 heterocycles. The summed E-state index contributed by atoms with van der Waals surface area (Å²) in [5.41, 5.74) is 14.1. The van der Waals surface area contributed by atoms with Crippen LogP contribution in [-0.2, 0) is 0 Å². The Bertz CT molecular complexity index is 3070. The van der Waals surface area contributed by atoms with E-state index in [2.05, 4.69) is 224 Å². The van der Waals surface area contributed by atoms with Crippen LogP contribution in [0.4, 0.5) is 0 Å². The second-order valence-corrected chi connectivity index (χ2v) is 16.2. The lowest BCUT2D eigenvalue weighted by Gasteiger charge is -2.14. The molecule has 61 heavy (non-hydrogen) atoms. The van der Waals surface area contributed by atoms with Crippen molar-refractivity contribution in [2.75, 3.05) is 0 Å². The highest BCUT2D eigenvalue weighted by Gasteiger charge is 2.20. The SMILES string of the molecule is c1ccc(-c2cc(-c3ccccc3)cc(-c3nc(-c4cc(-c5ccccc5)cc(-c5ccccc5)c4)nc(-c4cccc5c4sc4c(-c6ccccc6)cccc45)n3)c2)cc1. The van der Waals surface area contributed by atoms with E-state index in [0.717, 1.165) is 65.9 Å². The standard InChI is InChI=1S/C57H37N3S/c1-6-18-38(19-7-1)43-32-44(39-20-8-2-9-21-39)35-47(34-43)55-58-56(48-36-45(40-22-10-3-11-23-40)33-46(37-48)41-24-12-4-13-25-41)60-57(59-55)52-31-17-30-51-50-29-16-28-49(53(50)61-54(51)52)42-26-14-5-15-27-42/h1-37H. The van der Waals surface area contributed by atoms with Crippen LogP contribution in [0.1, 0.15) is 0 Å². The van der Waals surface area contributed by atoms with Gasteiger partial charge in [0.2, 0.25) is 0 Å². The number of rotatable bonds is 8. The normalized spacial score (nSPS) is 11.3. The van der Waals surface area contributed by atoms with Gasteiger partial charge in [-0.05, 0) is 98.1 Å². The van der Waals surface area contributed by atoms with Gasteiger partial charge in [-0.3, -0.25) is 0 Å². The summed E-state index contributed by atoms with van der Waals surface area (Å²) in [7, 11) is 0. The highest BCUT2D eigenvalue weighted by molar-refractivity contribution is 7.26. The molecule has 0 saturated carbocycles. The van der Waals surface area contributed by atoms with Gasteiger partial charge in [-0.2, -0.15) is 0 Å². The van der Waals surface area contributed by atoms with Gasteiger partial charge in [-0.1, -0.05) is 182 Å². The molecule has 0 bridgehead atoms. The molecule has 0 amide bonds. The van der Waals surface area contributed by atoms with Crippen molar-refractivity contribution in [1.82, 2.24) is 15.0 Å². The number of fused-ring (bicyclic) bond motifs is 3. The van der Waals surface area contributed by atoms with Crippen LogP contribution in [0.3, 0.4) is 0 Å². The summed E-state index contributed by atoms with van der Waals surface area (Å²) in [6.07, 6.45) is 0. The van der Waals surface area contributed by atoms with Gasteiger partial charge in [0.1, 0.15) is 0 Å². The first-order valence-electron chi connectivity index (χ1n) is 20.5. The molecule has 11 aromatic rings. The number of hydrogen-bond donors (Lipinski definition) is 0. The molecule has 0 aliphatic carbocycles. The van der Waals surface area contributed by atoms with Crippen molar-refractivity contribution in [2.45, 2.75) is 0 Å². The van der Waals surface area contributed by atoms with Gasteiger partial charge in [0.25, 0.3) is 0 Å². The lowest BCUT2D eigenvalue weighted by Crippen LogP contribution is -2.01. The van der Waals surface area contributed by atoms with E-state index in [1.54, 1.807) is 11.3 Å². The summed E-state index contributed by atoms with van der Waals surface area (Å²) in [5, 5.41) is 2.41. The molecule has 2 aromatic heterocycles. The second-order valence-electron chi connectivity index (χ2n) is 15.2. The van der Waals surface area contributed by atoms with Crippen molar-refractivity contribution in [2.24, 2.45) is 0 Å². The number of aromatic nitrogens is 3. The summed E-state index contributed by atoms with van der Waals surface area (Å²) in [5.74, 6) is 1.87. The lowest BCUT2D eigenvalue weighted by molar-refractivity contribution is 1.08. The second kappa shape index (κ2) is 15.8. The molecular formula is C57H37N3S. The van der Waals surface area contributed by atoms with Crippen LogP contribution in [0.2, 0.25) is 0 Å². The van der Waals surface area contributed by atoms with Crippen molar-refractivity contribution in [1.29, 1.82) is 0 Å². The van der Waals surface area contributed by atoms with Crippen molar-refractivity contribution in [3.05, 3.63) is 224 Å². The summed E-state index contributed by atoms with van der Waals surface area (Å²) >= 11 is 1.81. The maximum atomic E-state index is 5.42. The smallest absolute Gasteiger partial charge is 0.165 e. The van der Waals surface area contributed by atoms with E-state index in [1.807, 2.05) is 0 Å². The predicted molar refractivity (Wildman–Crippen MR) is 256 cm³/mol. The van der Waals surface area contributed by atoms with E-state index in [1.165, 1.54) is 26.6 Å². The highest BCUT2D eigenvalue weighted by Crippen LogP contribution is 2.44. The van der Waals surface area contributed by atoms with Crippen molar-refractivity contribution < 1.29 is 0 Å². The average Bonchev–Trinajstić information content (AvgIpc) is 3.74. The predicted octanol–water partition coefficient (Wildman–Crippen LogP) is 15.6. The number of thiophene rings is 1. The van der Waals surface area contributed by atoms with Crippen LogP contribution in [0.5, 0.6) is 0 Å². The Hall–Kier alpha value is -7.79. The fourth-order valence-electron chi connectivity index (χ4n) is 8.30. The average molecular weight is 796 g/mol. The van der Waals surface area contributed by atoms with E-state index in [4.69, 9.17) is 15.0 Å². The third kappa shape index (κ3) is 7.09. The van der Waals surface area contributed by atoms with Gasteiger partial charge in [-0.25, -0.2) is 15.0 Å². The molecule has 0 N–H and O–H groups in total. The molecule has 0 spiro atoms. The first kappa shape index (κ1) is 36.3. The van der Waals surface area contributed by atoms with Crippen LogP contribution in [0.15, 0.2) is 224 Å². The van der Waals surface area contributed by atoms with Crippen LogP contribution in [0, 0.1) is 0 Å². The van der Waals surface area contributed by atoms with Crippen molar-refractivity contribution in [3.63, 3.8) is 0 Å². The summed E-state index contributed by atoms with van der Waals surface area (Å²) in [6, 6.07) is 79.3. The van der Waals surface area contributed by atoms with E-state index in [-0.39, 0.29) is 0 Å². The minimum atomic E-state index is 0.615. The van der Waals surface area contributed by atoms with Gasteiger partial charge in [0.15, 0.2) is 17.5 Å². The molecule has 4 heteroatoms. The Morgan fingerprint density at radius 3 is 0.934 bits per heavy atom. The quantitative estimate of drug-likeness (QED) is 0.154. The zero-order valence-electron chi connectivity index (χ0n) is 33.1. The molecule has 9 aromatic carbocycles. The minimum absolute atomic E-state index is 0.615. The molecule has 0 unspecified atom stereocenters. The molecule has 3 nitrogen and oxygen atoms in total. The van der Waals surface area contributed by atoms with Gasteiger partial charge < -0.3 is 0 Å². The Kier molecular flexibility index (Phi) is 9.38. The van der Waals surface area contributed by atoms with E-state index in [9.17, 15) is 0 Å². The van der Waals surface area contributed by atoms with Gasteiger partial charge >= 0.3 is 0 Å². The van der Waals surface area contributed by atoms with Crippen LogP contribution in [-0.4, -0.2) is 15.0 Å². The Morgan fingerprint density at radius 2 is 0.541 bits per heavy atom. The Balaban J connectivity index is 1.18. The van der Waals surface area contributed by atoms with Gasteiger partial charge in [0.05, 0.1) is 0 Å². The molecule has 0 aliphatic rings. The number of hydrogen-bond acceptors (Lipinski definition) is 4. The molecule has 286 valence electrons. The Morgan fingerprint density at radius 1 is 0.230 bits per heavy atom. The van der Waals surface area contributed by atoms with Gasteiger partial charge in [0, 0.05) is 36.9 Å². The topological polar surface area (TPSA) is 38.7 Å². The first-order valence-corrected chi connectivity index (χ1v) is 21.3. The first-order chi connectivity index (χ1) is 30.2. The number of nitrogens with zero attached hydrogens (tertiary/aromatic N) is 3. The fourth-order valence-corrected chi connectivity index (χ4v) is 9.64. The fraction of sp³-hybridized carbons (Fsp3) is 0. The minimum Gasteiger partial charge on any atom is -0.208 e. The molecule has 0 aliphatic heterocycles. The molecule has 0 radical (unpaired) electrons. The van der Waals surface area contributed by atoms with Crippen molar-refractivity contribution in [3.8, 4) is 89.8 Å². The van der Waals surface area contributed by atoms with Crippen molar-refractivity contribution >= 4 is 31.5 Å². The van der Waals surface area contributed by atoms with Crippen LogP contribution < -0.4 is 0 Å². The van der Waals surface area contributed by atoms with Crippen LogP contribution in [0.25, 0.3) is 110 Å². The van der Waals surface area contributed by atoms with Gasteiger partial charge in [-0.15, -0.1) is 11.3 Å². The maximum Gasteiger partial charge on any atom is 0.165 e. The zero-order chi connectivity index (χ0) is 40.5. The zero-order valence-corrected chi connectivity index (χ0v) is 33.9. The third-order valence-corrected chi connectivity index (χ3v) is 12.6. The molecular weight excluding hydrogens is 759 g/mol. The molecule has 0 fully saturated rings. The third-order valence-electron chi connectivity index (χ3n) is 11.3. The highest BCUT2D eigenvalue weighted by atomic mass is 32.1. The Labute approximate surface area is 359 Å². The molecule has 11 rings (SSSR count). The monoisotopic (exact) mass is 795 g/mol. The number of benzene rings is 9.